The predicted octanol–water partition coefficient (Wildman–Crippen LogP) is 2.73. The standard InChI is InChI=1S/C12H14N2O2S3/c1-17-10-4-2-9(3-5-10)14-19(15,16)12-6-11(7-13)18-8-12/h2-6,8,14H,7,13H2,1H3. The van der Waals surface area contributed by atoms with Crippen molar-refractivity contribution in [1.82, 2.24) is 0 Å². The number of benzene rings is 1. The van der Waals surface area contributed by atoms with Gasteiger partial charge in [0.05, 0.1) is 4.90 Å². The molecular weight excluding hydrogens is 300 g/mol. The largest absolute Gasteiger partial charge is 0.326 e. The molecule has 0 aliphatic rings. The number of thiophene rings is 1. The highest BCUT2D eigenvalue weighted by atomic mass is 32.2. The number of sulfonamides is 1. The normalized spacial score (nSPS) is 11.5. The van der Waals surface area contributed by atoms with E-state index in [1.54, 1.807) is 35.3 Å². The second-order valence-corrected chi connectivity index (χ2v) is 7.34. The molecule has 2 rings (SSSR count). The van der Waals surface area contributed by atoms with E-state index in [9.17, 15) is 8.42 Å². The van der Waals surface area contributed by atoms with Crippen LogP contribution >= 0.6 is 23.1 Å². The summed E-state index contributed by atoms with van der Waals surface area (Å²) in [5.41, 5.74) is 6.04. The van der Waals surface area contributed by atoms with Gasteiger partial charge in [0.1, 0.15) is 0 Å². The van der Waals surface area contributed by atoms with Crippen molar-refractivity contribution in [3.05, 3.63) is 40.6 Å². The minimum absolute atomic E-state index is 0.256. The molecule has 0 aliphatic carbocycles. The average molecular weight is 314 g/mol. The molecule has 19 heavy (non-hydrogen) atoms. The molecule has 1 heterocycles. The van der Waals surface area contributed by atoms with Gasteiger partial charge in [-0.1, -0.05) is 0 Å². The van der Waals surface area contributed by atoms with Crippen LogP contribution in [0.3, 0.4) is 0 Å². The highest BCUT2D eigenvalue weighted by Gasteiger charge is 2.16. The fraction of sp³-hybridized carbons (Fsp3) is 0.167. The monoisotopic (exact) mass is 314 g/mol. The average Bonchev–Trinajstić information content (AvgIpc) is 2.89. The number of anilines is 1. The molecule has 0 spiro atoms. The number of hydrogen-bond acceptors (Lipinski definition) is 5. The van der Waals surface area contributed by atoms with E-state index in [0.717, 1.165) is 9.77 Å². The van der Waals surface area contributed by atoms with Gasteiger partial charge in [0.2, 0.25) is 0 Å². The quantitative estimate of drug-likeness (QED) is 0.832. The minimum atomic E-state index is -3.52. The van der Waals surface area contributed by atoms with E-state index in [0.29, 0.717) is 12.2 Å². The first-order valence-corrected chi connectivity index (χ1v) is 9.08. The summed E-state index contributed by atoms with van der Waals surface area (Å²) in [7, 11) is -3.52. The molecule has 0 aliphatic heterocycles. The highest BCUT2D eigenvalue weighted by molar-refractivity contribution is 7.98. The number of nitrogens with two attached hydrogens (primary N) is 1. The molecule has 0 bridgehead atoms. The van der Waals surface area contributed by atoms with Crippen LogP contribution in [0.15, 0.2) is 45.5 Å². The minimum Gasteiger partial charge on any atom is -0.326 e. The molecule has 0 saturated heterocycles. The molecule has 7 heteroatoms. The van der Waals surface area contributed by atoms with E-state index >= 15 is 0 Å². The van der Waals surface area contributed by atoms with Crippen LogP contribution in [-0.2, 0) is 16.6 Å². The fourth-order valence-corrected chi connectivity index (χ4v) is 4.10. The van der Waals surface area contributed by atoms with Crippen LogP contribution in [0.5, 0.6) is 0 Å². The van der Waals surface area contributed by atoms with Crippen molar-refractivity contribution < 1.29 is 8.42 Å². The Hall–Kier alpha value is -1.02. The lowest BCUT2D eigenvalue weighted by Crippen LogP contribution is -2.12. The lowest BCUT2D eigenvalue weighted by Gasteiger charge is -2.06. The summed E-state index contributed by atoms with van der Waals surface area (Å²) in [6.45, 7) is 0.350. The molecular formula is C12H14N2O2S3. The van der Waals surface area contributed by atoms with Crippen molar-refractivity contribution in [3.8, 4) is 0 Å². The van der Waals surface area contributed by atoms with Crippen LogP contribution in [0.1, 0.15) is 4.88 Å². The molecule has 0 radical (unpaired) electrons. The van der Waals surface area contributed by atoms with Gasteiger partial charge in [-0.25, -0.2) is 8.42 Å². The van der Waals surface area contributed by atoms with Crippen LogP contribution in [0.2, 0.25) is 0 Å². The van der Waals surface area contributed by atoms with E-state index < -0.39 is 10.0 Å². The number of hydrogen-bond donors (Lipinski definition) is 2. The Morgan fingerprint density at radius 3 is 2.53 bits per heavy atom. The maximum atomic E-state index is 12.1. The maximum absolute atomic E-state index is 12.1. The van der Waals surface area contributed by atoms with Crippen molar-refractivity contribution in [2.24, 2.45) is 5.73 Å². The Morgan fingerprint density at radius 2 is 2.00 bits per heavy atom. The maximum Gasteiger partial charge on any atom is 0.262 e. The smallest absolute Gasteiger partial charge is 0.262 e. The van der Waals surface area contributed by atoms with E-state index in [1.807, 2.05) is 18.4 Å². The second kappa shape index (κ2) is 5.96. The van der Waals surface area contributed by atoms with Crippen molar-refractivity contribution >= 4 is 38.8 Å². The van der Waals surface area contributed by atoms with Crippen LogP contribution in [0.25, 0.3) is 0 Å². The Balaban J connectivity index is 2.20. The first-order chi connectivity index (χ1) is 9.05. The summed E-state index contributed by atoms with van der Waals surface area (Å²) in [6, 6.07) is 8.85. The molecule has 1 aromatic heterocycles. The van der Waals surface area contributed by atoms with Gasteiger partial charge in [0, 0.05) is 27.4 Å². The second-order valence-electron chi connectivity index (χ2n) is 3.79. The molecule has 0 atom stereocenters. The molecule has 1 aromatic carbocycles. The topological polar surface area (TPSA) is 72.2 Å². The van der Waals surface area contributed by atoms with Gasteiger partial charge in [-0.05, 0) is 36.6 Å². The third-order valence-corrected chi connectivity index (χ3v) is 5.70. The summed E-state index contributed by atoms with van der Waals surface area (Å²) >= 11 is 2.95. The van der Waals surface area contributed by atoms with Crippen LogP contribution < -0.4 is 10.5 Å². The van der Waals surface area contributed by atoms with E-state index in [-0.39, 0.29) is 4.90 Å². The molecule has 0 unspecified atom stereocenters. The summed E-state index contributed by atoms with van der Waals surface area (Å²) in [4.78, 5) is 2.19. The third kappa shape index (κ3) is 3.50. The van der Waals surface area contributed by atoms with Gasteiger partial charge in [-0.3, -0.25) is 4.72 Å². The molecule has 2 aromatic rings. The van der Waals surface area contributed by atoms with Gasteiger partial charge < -0.3 is 5.73 Å². The number of nitrogens with one attached hydrogen (secondary N) is 1. The SMILES string of the molecule is CSc1ccc(NS(=O)(=O)c2csc(CN)c2)cc1. The van der Waals surface area contributed by atoms with Crippen LogP contribution in [0.4, 0.5) is 5.69 Å². The Labute approximate surface area is 121 Å². The molecule has 3 N–H and O–H groups in total. The molecule has 4 nitrogen and oxygen atoms in total. The summed E-state index contributed by atoms with van der Waals surface area (Å²) in [5.74, 6) is 0. The zero-order valence-corrected chi connectivity index (χ0v) is 12.7. The number of rotatable bonds is 5. The zero-order valence-electron chi connectivity index (χ0n) is 10.3. The predicted molar refractivity (Wildman–Crippen MR) is 81.2 cm³/mol. The first-order valence-electron chi connectivity index (χ1n) is 5.49. The van der Waals surface area contributed by atoms with Crippen molar-refractivity contribution in [2.45, 2.75) is 16.3 Å². The lowest BCUT2D eigenvalue weighted by atomic mass is 10.3. The van der Waals surface area contributed by atoms with E-state index in [1.165, 1.54) is 11.3 Å². The van der Waals surface area contributed by atoms with Gasteiger partial charge in [-0.15, -0.1) is 23.1 Å². The Bertz CT molecular complexity index is 648. The molecule has 102 valence electrons. The van der Waals surface area contributed by atoms with Gasteiger partial charge in [-0.2, -0.15) is 0 Å². The highest BCUT2D eigenvalue weighted by Crippen LogP contribution is 2.23. The zero-order chi connectivity index (χ0) is 13.9. The lowest BCUT2D eigenvalue weighted by molar-refractivity contribution is 0.601. The van der Waals surface area contributed by atoms with Gasteiger partial charge >= 0.3 is 0 Å². The van der Waals surface area contributed by atoms with E-state index in [2.05, 4.69) is 4.72 Å². The van der Waals surface area contributed by atoms with Gasteiger partial charge in [0.15, 0.2) is 0 Å². The van der Waals surface area contributed by atoms with Crippen molar-refractivity contribution in [3.63, 3.8) is 0 Å². The Kier molecular flexibility index (Phi) is 4.51. The van der Waals surface area contributed by atoms with Crippen molar-refractivity contribution in [1.29, 1.82) is 0 Å². The van der Waals surface area contributed by atoms with Crippen LogP contribution in [0, 0.1) is 0 Å². The summed E-state index contributed by atoms with van der Waals surface area (Å²) in [5, 5.41) is 1.60. The third-order valence-electron chi connectivity index (χ3n) is 2.48. The summed E-state index contributed by atoms with van der Waals surface area (Å²) in [6.07, 6.45) is 1.97. The first kappa shape index (κ1) is 14.4. The fourth-order valence-electron chi connectivity index (χ4n) is 1.48. The summed E-state index contributed by atoms with van der Waals surface area (Å²) < 4.78 is 26.8. The molecule has 0 amide bonds. The van der Waals surface area contributed by atoms with Gasteiger partial charge in [0.25, 0.3) is 10.0 Å². The Morgan fingerprint density at radius 1 is 1.32 bits per heavy atom. The molecule has 0 fully saturated rings. The van der Waals surface area contributed by atoms with E-state index in [4.69, 9.17) is 5.73 Å². The van der Waals surface area contributed by atoms with Crippen LogP contribution in [-0.4, -0.2) is 14.7 Å². The number of thioether (sulfide) groups is 1. The van der Waals surface area contributed by atoms with Crippen molar-refractivity contribution in [2.75, 3.05) is 11.0 Å². The molecule has 0 saturated carbocycles.